The monoisotopic (exact) mass is 542 g/mol. The Labute approximate surface area is 202 Å². The van der Waals surface area contributed by atoms with Crippen molar-refractivity contribution in [2.45, 2.75) is 108 Å². The molecule has 4 saturated carbocycles. The van der Waals surface area contributed by atoms with Crippen molar-refractivity contribution in [1.29, 1.82) is 0 Å². The van der Waals surface area contributed by atoms with Crippen LogP contribution >= 0.6 is 31.9 Å². The third-order valence-corrected chi connectivity index (χ3v) is 12.6. The molecule has 0 unspecified atom stereocenters. The molecule has 4 rings (SSSR count). The van der Waals surface area contributed by atoms with Crippen LogP contribution in [0.15, 0.2) is 0 Å². The van der Waals surface area contributed by atoms with Crippen LogP contribution in [0.5, 0.6) is 0 Å². The normalized spacial score (nSPS) is 49.5. The molecule has 4 fully saturated rings. The van der Waals surface area contributed by atoms with E-state index in [4.69, 9.17) is 0 Å². The molecule has 0 aliphatic heterocycles. The summed E-state index contributed by atoms with van der Waals surface area (Å²) in [6, 6.07) is 0. The Kier molecular flexibility index (Phi) is 6.95. The van der Waals surface area contributed by atoms with Gasteiger partial charge in [-0.15, -0.1) is 0 Å². The molecule has 0 radical (unpaired) electrons. The van der Waals surface area contributed by atoms with Crippen molar-refractivity contribution < 1.29 is 4.79 Å². The van der Waals surface area contributed by atoms with E-state index in [-0.39, 0.29) is 9.65 Å². The highest BCUT2D eigenvalue weighted by Gasteiger charge is 2.62. The zero-order valence-corrected chi connectivity index (χ0v) is 23.1. The summed E-state index contributed by atoms with van der Waals surface area (Å²) in [5.41, 5.74) is 0.884. The van der Waals surface area contributed by atoms with Gasteiger partial charge in [-0.3, -0.25) is 4.79 Å². The summed E-state index contributed by atoms with van der Waals surface area (Å²) in [6.07, 6.45) is 13.6. The third kappa shape index (κ3) is 3.82. The summed E-state index contributed by atoms with van der Waals surface area (Å²) >= 11 is 7.60. The lowest BCUT2D eigenvalue weighted by Gasteiger charge is -2.61. The zero-order chi connectivity index (χ0) is 21.8. The Balaban J connectivity index is 1.50. The first-order chi connectivity index (χ1) is 14.1. The van der Waals surface area contributed by atoms with E-state index in [1.165, 1.54) is 57.8 Å². The Hall–Kier alpha value is 0.630. The van der Waals surface area contributed by atoms with E-state index >= 15 is 0 Å². The van der Waals surface area contributed by atoms with Gasteiger partial charge < -0.3 is 0 Å². The summed E-state index contributed by atoms with van der Waals surface area (Å²) in [5, 5.41) is 0. The van der Waals surface area contributed by atoms with Gasteiger partial charge in [-0.25, -0.2) is 0 Å². The highest BCUT2D eigenvalue weighted by molar-refractivity contribution is 9.10. The first-order valence-electron chi connectivity index (χ1n) is 12.9. The number of carbonyl (C=O) groups excluding carboxylic acids is 1. The lowest BCUT2D eigenvalue weighted by molar-refractivity contribution is -0.137. The first kappa shape index (κ1) is 23.8. The van der Waals surface area contributed by atoms with Crippen molar-refractivity contribution in [2.24, 2.45) is 52.3 Å². The molecule has 0 heterocycles. The van der Waals surface area contributed by atoms with Crippen LogP contribution in [-0.4, -0.2) is 15.4 Å². The molecule has 0 spiro atoms. The molecule has 0 bridgehead atoms. The van der Waals surface area contributed by atoms with Gasteiger partial charge in [0.25, 0.3) is 0 Å². The maximum absolute atomic E-state index is 12.7. The molecule has 30 heavy (non-hydrogen) atoms. The van der Waals surface area contributed by atoms with Gasteiger partial charge in [-0.2, -0.15) is 0 Å². The standard InChI is InChI=1S/C27H44Br2O/c1-16(2)7-6-8-17(3)19-11-12-20-18-9-10-22-24(29)25(30)23(28)15-27(22,5)21(18)13-14-26(19,20)4/h16-24H,6-15H2,1-5H3/t17-,18-,19+,20-,21-,22+,23+,24+,26-,27-/m1/s1. The van der Waals surface area contributed by atoms with Crippen LogP contribution in [0, 0.1) is 52.3 Å². The van der Waals surface area contributed by atoms with Crippen LogP contribution in [0.1, 0.15) is 98.8 Å². The molecule has 3 heteroatoms. The van der Waals surface area contributed by atoms with E-state index in [0.29, 0.717) is 22.5 Å². The molecule has 4 aliphatic carbocycles. The molecule has 0 aromatic rings. The molecule has 0 N–H and O–H groups in total. The molecule has 0 amide bonds. The van der Waals surface area contributed by atoms with Crippen LogP contribution < -0.4 is 0 Å². The second-order valence-corrected chi connectivity index (χ2v) is 14.7. The molecule has 1 nitrogen and oxygen atoms in total. The predicted molar refractivity (Wildman–Crippen MR) is 134 cm³/mol. The van der Waals surface area contributed by atoms with Crippen LogP contribution in [0.3, 0.4) is 0 Å². The minimum Gasteiger partial charge on any atom is -0.297 e. The average Bonchev–Trinajstić information content (AvgIpc) is 3.03. The SMILES string of the molecule is CC(C)CCC[C@@H](C)[C@@H]1CC[C@@H]2[C@H]3CC[C@H]4[C@H](Br)C(=O)[C@@H](Br)C[C@]4(C)[C@@H]3CC[C@@]21C. The number of fused-ring (bicyclic) bond motifs is 5. The van der Waals surface area contributed by atoms with Crippen LogP contribution in [0.4, 0.5) is 0 Å². The quantitative estimate of drug-likeness (QED) is 0.318. The molecule has 0 saturated heterocycles. The number of Topliss-reactive ketones (excluding diaryl/α,β-unsaturated/α-hetero) is 1. The summed E-state index contributed by atoms with van der Waals surface area (Å²) < 4.78 is 0. The van der Waals surface area contributed by atoms with E-state index in [1.54, 1.807) is 0 Å². The van der Waals surface area contributed by atoms with Gasteiger partial charge in [0.05, 0.1) is 9.65 Å². The highest BCUT2D eigenvalue weighted by Crippen LogP contribution is 2.68. The van der Waals surface area contributed by atoms with Crippen LogP contribution in [0.2, 0.25) is 0 Å². The second-order valence-electron chi connectivity index (χ2n) is 12.6. The van der Waals surface area contributed by atoms with Crippen molar-refractivity contribution in [1.82, 2.24) is 0 Å². The van der Waals surface area contributed by atoms with E-state index in [2.05, 4.69) is 66.5 Å². The van der Waals surface area contributed by atoms with Gasteiger partial charge in [0.1, 0.15) is 0 Å². The van der Waals surface area contributed by atoms with Crippen LogP contribution in [-0.2, 0) is 4.79 Å². The van der Waals surface area contributed by atoms with Crippen molar-refractivity contribution in [2.75, 3.05) is 0 Å². The maximum atomic E-state index is 12.7. The summed E-state index contributed by atoms with van der Waals surface area (Å²) in [7, 11) is 0. The molecular weight excluding hydrogens is 500 g/mol. The minimum atomic E-state index is 0.0486. The lowest BCUT2D eigenvalue weighted by Crippen LogP contribution is -2.58. The Bertz CT molecular complexity index is 647. The fourth-order valence-corrected chi connectivity index (χ4v) is 11.7. The molecular formula is C27H44Br2O. The van der Waals surface area contributed by atoms with Crippen LogP contribution in [0.25, 0.3) is 0 Å². The molecule has 4 aliphatic rings. The number of alkyl halides is 2. The second kappa shape index (κ2) is 8.77. The fraction of sp³-hybridized carbons (Fsp3) is 0.963. The number of hydrogen-bond acceptors (Lipinski definition) is 1. The van der Waals surface area contributed by atoms with E-state index in [9.17, 15) is 4.79 Å². The maximum Gasteiger partial charge on any atom is 0.160 e. The Morgan fingerprint density at radius 3 is 2.27 bits per heavy atom. The minimum absolute atomic E-state index is 0.0486. The van der Waals surface area contributed by atoms with Gasteiger partial charge >= 0.3 is 0 Å². The number of carbonyl (C=O) groups is 1. The topological polar surface area (TPSA) is 17.1 Å². The smallest absolute Gasteiger partial charge is 0.160 e. The fourth-order valence-electron chi connectivity index (χ4n) is 9.15. The van der Waals surface area contributed by atoms with E-state index in [0.717, 1.165) is 41.9 Å². The van der Waals surface area contributed by atoms with Crippen molar-refractivity contribution in [3.63, 3.8) is 0 Å². The molecule has 0 aromatic heterocycles. The van der Waals surface area contributed by atoms with Gasteiger partial charge in [-0.05, 0) is 97.2 Å². The van der Waals surface area contributed by atoms with Gasteiger partial charge in [0.2, 0.25) is 0 Å². The Morgan fingerprint density at radius 1 is 0.900 bits per heavy atom. The van der Waals surface area contributed by atoms with Gasteiger partial charge in [0.15, 0.2) is 5.78 Å². The van der Waals surface area contributed by atoms with Crippen molar-refractivity contribution in [3.05, 3.63) is 0 Å². The number of rotatable bonds is 5. The van der Waals surface area contributed by atoms with E-state index in [1.807, 2.05) is 0 Å². The zero-order valence-electron chi connectivity index (χ0n) is 19.9. The highest BCUT2D eigenvalue weighted by atomic mass is 79.9. The Morgan fingerprint density at radius 2 is 1.57 bits per heavy atom. The predicted octanol–water partition coefficient (Wildman–Crippen LogP) is 8.42. The first-order valence-corrected chi connectivity index (χ1v) is 14.7. The van der Waals surface area contributed by atoms with Crippen molar-refractivity contribution >= 4 is 37.6 Å². The molecule has 0 aromatic carbocycles. The average molecular weight is 544 g/mol. The summed E-state index contributed by atoms with van der Waals surface area (Å²) in [5.74, 6) is 6.23. The lowest BCUT2D eigenvalue weighted by atomic mass is 9.44. The molecule has 10 atom stereocenters. The third-order valence-electron chi connectivity index (χ3n) is 10.7. The van der Waals surface area contributed by atoms with Crippen molar-refractivity contribution in [3.8, 4) is 0 Å². The van der Waals surface area contributed by atoms with Gasteiger partial charge in [0, 0.05) is 0 Å². The van der Waals surface area contributed by atoms with E-state index < -0.39 is 0 Å². The number of hydrogen-bond donors (Lipinski definition) is 0. The largest absolute Gasteiger partial charge is 0.297 e. The summed E-state index contributed by atoms with van der Waals surface area (Å²) in [6.45, 7) is 12.5. The summed E-state index contributed by atoms with van der Waals surface area (Å²) in [4.78, 5) is 12.8. The molecule has 172 valence electrons. The number of ketones is 1. The number of halogens is 2. The van der Waals surface area contributed by atoms with Gasteiger partial charge in [-0.1, -0.05) is 85.7 Å².